The van der Waals surface area contributed by atoms with E-state index in [0.29, 0.717) is 12.8 Å². The predicted octanol–water partition coefficient (Wildman–Crippen LogP) is 1.39. The zero-order valence-corrected chi connectivity index (χ0v) is 35.2. The number of aliphatic hydroxyl groups is 9. The van der Waals surface area contributed by atoms with E-state index in [-0.39, 0.29) is 58.7 Å². The number of aliphatic hydroxyl groups excluding tert-OH is 9. The molecule has 7 rings (SSSR count). The Morgan fingerprint density at radius 1 is 0.737 bits per heavy atom. The first-order chi connectivity index (χ1) is 26.6. The Labute approximate surface area is 337 Å². The van der Waals surface area contributed by atoms with E-state index in [9.17, 15) is 46.0 Å². The molecule has 21 atom stereocenters. The van der Waals surface area contributed by atoms with Crippen molar-refractivity contribution in [2.45, 2.75) is 180 Å². The molecule has 6 fully saturated rings. The van der Waals surface area contributed by atoms with Crippen LogP contribution in [0.3, 0.4) is 0 Å². The van der Waals surface area contributed by atoms with Gasteiger partial charge in [-0.25, -0.2) is 0 Å². The van der Waals surface area contributed by atoms with Crippen LogP contribution in [-0.4, -0.2) is 153 Å². The van der Waals surface area contributed by atoms with Crippen molar-refractivity contribution in [2.75, 3.05) is 26.9 Å². The van der Waals surface area contributed by atoms with Gasteiger partial charge in [0.05, 0.1) is 44.2 Å². The Balaban J connectivity index is 1.17. The van der Waals surface area contributed by atoms with Gasteiger partial charge in [-0.2, -0.15) is 0 Å². The number of allylic oxidation sites excluding steroid dienone is 1. The van der Waals surface area contributed by atoms with Crippen LogP contribution in [0.25, 0.3) is 0 Å². The molecule has 7 aliphatic rings. The lowest BCUT2D eigenvalue weighted by molar-refractivity contribution is -0.368. The van der Waals surface area contributed by atoms with Gasteiger partial charge in [-0.1, -0.05) is 53.2 Å². The van der Waals surface area contributed by atoms with Gasteiger partial charge in [0.1, 0.15) is 42.7 Å². The van der Waals surface area contributed by atoms with Gasteiger partial charge in [0.25, 0.3) is 0 Å². The van der Waals surface area contributed by atoms with Gasteiger partial charge in [0.2, 0.25) is 0 Å². The van der Waals surface area contributed by atoms with Crippen LogP contribution < -0.4 is 0 Å². The molecule has 0 spiro atoms. The van der Waals surface area contributed by atoms with Crippen LogP contribution in [0.2, 0.25) is 0 Å². The Morgan fingerprint density at radius 3 is 2.05 bits per heavy atom. The van der Waals surface area contributed by atoms with E-state index in [1.165, 1.54) is 5.57 Å². The summed E-state index contributed by atoms with van der Waals surface area (Å²) in [6, 6.07) is 0. The molecule has 57 heavy (non-hydrogen) atoms. The second kappa shape index (κ2) is 15.2. The molecular weight excluding hydrogens is 740 g/mol. The maximum atomic E-state index is 12.1. The summed E-state index contributed by atoms with van der Waals surface area (Å²) in [5.74, 6) is 0.0264. The van der Waals surface area contributed by atoms with Crippen LogP contribution in [0.15, 0.2) is 11.6 Å². The predicted molar refractivity (Wildman–Crippen MR) is 205 cm³/mol. The summed E-state index contributed by atoms with van der Waals surface area (Å²) in [6.45, 7) is 14.4. The van der Waals surface area contributed by atoms with Crippen molar-refractivity contribution in [3.63, 3.8) is 0 Å². The minimum Gasteiger partial charge on any atom is -0.396 e. The van der Waals surface area contributed by atoms with Gasteiger partial charge in [0, 0.05) is 23.9 Å². The number of ether oxygens (including phenoxy) is 5. The van der Waals surface area contributed by atoms with Crippen LogP contribution in [0.1, 0.15) is 99.8 Å². The van der Waals surface area contributed by atoms with Crippen molar-refractivity contribution in [1.82, 2.24) is 0 Å². The molecule has 0 aromatic rings. The third kappa shape index (κ3) is 6.48. The van der Waals surface area contributed by atoms with E-state index < -0.39 is 91.1 Å². The first-order valence-electron chi connectivity index (χ1n) is 21.4. The minimum absolute atomic E-state index is 0.0303. The van der Waals surface area contributed by atoms with E-state index in [1.807, 2.05) is 6.92 Å². The summed E-state index contributed by atoms with van der Waals surface area (Å²) in [5, 5.41) is 98.1. The molecule has 0 radical (unpaired) electrons. The molecule has 14 heteroatoms. The molecule has 0 aromatic carbocycles. The third-order valence-electron chi connectivity index (χ3n) is 17.7. The lowest BCUT2D eigenvalue weighted by Gasteiger charge is -2.73. The molecule has 328 valence electrons. The monoisotopic (exact) mass is 812 g/mol. The summed E-state index contributed by atoms with van der Waals surface area (Å²) in [4.78, 5) is 0. The minimum atomic E-state index is -1.74. The van der Waals surface area contributed by atoms with Crippen molar-refractivity contribution in [2.24, 2.45) is 50.2 Å². The highest BCUT2D eigenvalue weighted by molar-refractivity contribution is 5.37. The second-order valence-corrected chi connectivity index (χ2v) is 21.0. The highest BCUT2D eigenvalue weighted by Crippen LogP contribution is 2.76. The quantitative estimate of drug-likeness (QED) is 0.125. The molecule has 0 amide bonds. The van der Waals surface area contributed by atoms with Crippen molar-refractivity contribution in [3.05, 3.63) is 11.6 Å². The van der Waals surface area contributed by atoms with Crippen LogP contribution >= 0.6 is 0 Å². The van der Waals surface area contributed by atoms with E-state index in [4.69, 9.17) is 23.7 Å². The van der Waals surface area contributed by atoms with Gasteiger partial charge in [0.15, 0.2) is 12.6 Å². The van der Waals surface area contributed by atoms with Crippen LogP contribution in [-0.2, 0) is 23.7 Å². The number of hydrogen-bond acceptors (Lipinski definition) is 14. The van der Waals surface area contributed by atoms with Gasteiger partial charge >= 0.3 is 0 Å². The van der Waals surface area contributed by atoms with E-state index in [2.05, 4.69) is 40.7 Å². The average molecular weight is 813 g/mol. The number of fused-ring (bicyclic) bond motifs is 7. The smallest absolute Gasteiger partial charge is 0.187 e. The van der Waals surface area contributed by atoms with Gasteiger partial charge in [-0.3, -0.25) is 0 Å². The van der Waals surface area contributed by atoms with Gasteiger partial charge < -0.3 is 69.6 Å². The Kier molecular flexibility index (Phi) is 11.8. The fourth-order valence-electron chi connectivity index (χ4n) is 14.0. The highest BCUT2D eigenvalue weighted by atomic mass is 16.7. The van der Waals surface area contributed by atoms with Gasteiger partial charge in [-0.15, -0.1) is 0 Å². The molecule has 2 aliphatic heterocycles. The summed E-state index contributed by atoms with van der Waals surface area (Å²) in [6.07, 6.45) is -7.49. The number of rotatable bonds is 8. The topological polar surface area (TPSA) is 228 Å². The van der Waals surface area contributed by atoms with Crippen molar-refractivity contribution < 1.29 is 69.6 Å². The number of methoxy groups -OCH3 is 1. The normalized spacial score (nSPS) is 56.1. The highest BCUT2D eigenvalue weighted by Gasteiger charge is 2.72. The summed E-state index contributed by atoms with van der Waals surface area (Å²) < 4.78 is 30.6. The Morgan fingerprint density at radius 2 is 1.42 bits per heavy atom. The molecule has 0 bridgehead atoms. The zero-order chi connectivity index (χ0) is 41.8. The zero-order valence-electron chi connectivity index (χ0n) is 35.2. The average Bonchev–Trinajstić information content (AvgIpc) is 3.16. The van der Waals surface area contributed by atoms with Gasteiger partial charge in [-0.05, 0) is 91.8 Å². The maximum absolute atomic E-state index is 12.1. The third-order valence-corrected chi connectivity index (χ3v) is 17.7. The molecule has 14 nitrogen and oxygen atoms in total. The standard InChI is InChI=1S/C43H72O14/c1-21-29(48)34(57-36-32(51)31(50)30(49)25(18-44)55-36)33(52)37(54-21)56-28-10-11-39(4)26(40(28,5)19-45)9-12-41(6)35(39)24(53-8)15-22-23-16-38(2,3)13-14-43(23,20-46)27(47)17-42(22,41)7/h15,21,23-37,44-52H,9-14,16-20H2,1-8H3/t21-,23?,24?,25-,26?,27?,28+,29+,30-,31+,32-,33-,34+,35?,36+,37+,39+,40+,41-,42-,43?/m1/s1. The van der Waals surface area contributed by atoms with E-state index in [0.717, 1.165) is 38.5 Å². The molecule has 5 aliphatic carbocycles. The fraction of sp³-hybridized carbons (Fsp3) is 0.953. The SMILES string of the molecule is COC1C=C2C3CC(C)(C)CCC3(CO)C(O)C[C@@]2(C)[C@]2(C)CCC3[C@](C)(CC[C@H](O[C@@H]4O[C@H](C)[C@H](O)[C@H](O[C@@H]5O[C@H](CO)[C@@H](O)[C@H](O)[C@H]5O)[C@H]4O)[C@@]3(C)CO)C12. The van der Waals surface area contributed by atoms with Crippen LogP contribution in [0.4, 0.5) is 0 Å². The summed E-state index contributed by atoms with van der Waals surface area (Å²) in [7, 11) is 1.78. The molecule has 4 saturated carbocycles. The first kappa shape index (κ1) is 44.2. The van der Waals surface area contributed by atoms with Crippen molar-refractivity contribution in [3.8, 4) is 0 Å². The molecular formula is C43H72O14. The number of hydrogen-bond donors (Lipinski definition) is 9. The first-order valence-corrected chi connectivity index (χ1v) is 21.4. The van der Waals surface area contributed by atoms with Crippen molar-refractivity contribution >= 4 is 0 Å². The largest absolute Gasteiger partial charge is 0.396 e. The van der Waals surface area contributed by atoms with Crippen molar-refractivity contribution in [1.29, 1.82) is 0 Å². The summed E-state index contributed by atoms with van der Waals surface area (Å²) in [5.41, 5.74) is -0.934. The Hall–Kier alpha value is -0.820. The maximum Gasteiger partial charge on any atom is 0.187 e. The molecule has 2 heterocycles. The lowest BCUT2D eigenvalue weighted by atomic mass is 9.32. The van der Waals surface area contributed by atoms with Crippen LogP contribution in [0.5, 0.6) is 0 Å². The van der Waals surface area contributed by atoms with E-state index >= 15 is 0 Å². The molecule has 6 unspecified atom stereocenters. The van der Waals surface area contributed by atoms with Crippen LogP contribution in [0, 0.1) is 50.2 Å². The fourth-order valence-corrected chi connectivity index (χ4v) is 14.0. The lowest BCUT2D eigenvalue weighted by Crippen LogP contribution is -2.70. The second-order valence-electron chi connectivity index (χ2n) is 21.0. The molecule has 2 saturated heterocycles. The summed E-state index contributed by atoms with van der Waals surface area (Å²) >= 11 is 0. The molecule has 9 N–H and O–H groups in total. The Bertz CT molecular complexity index is 1490. The van der Waals surface area contributed by atoms with E-state index in [1.54, 1.807) is 14.0 Å². The molecule has 0 aromatic heterocycles.